The van der Waals surface area contributed by atoms with E-state index in [2.05, 4.69) is 43.2 Å². The molecule has 0 radical (unpaired) electrons. The van der Waals surface area contributed by atoms with Crippen LogP contribution >= 0.6 is 0 Å². The van der Waals surface area contributed by atoms with E-state index in [1.807, 2.05) is 25.1 Å². The summed E-state index contributed by atoms with van der Waals surface area (Å²) in [6.45, 7) is 13.4. The van der Waals surface area contributed by atoms with Crippen molar-refractivity contribution in [2.24, 2.45) is 11.3 Å². The zero-order valence-corrected chi connectivity index (χ0v) is 18.9. The van der Waals surface area contributed by atoms with Crippen molar-refractivity contribution in [2.75, 3.05) is 29.9 Å². The first-order valence-corrected chi connectivity index (χ1v) is 11.2. The summed E-state index contributed by atoms with van der Waals surface area (Å²) in [5.41, 5.74) is 2.53. The molecule has 29 heavy (non-hydrogen) atoms. The number of anilines is 2. The van der Waals surface area contributed by atoms with E-state index < -0.39 is 0 Å². The summed E-state index contributed by atoms with van der Waals surface area (Å²) in [6, 6.07) is 5.74. The smallest absolute Gasteiger partial charge is 0.253 e. The molecule has 2 amide bonds. The molecule has 0 aliphatic carbocycles. The van der Waals surface area contributed by atoms with Gasteiger partial charge < -0.3 is 15.5 Å². The molecule has 5 heteroatoms. The molecule has 162 valence electrons. The van der Waals surface area contributed by atoms with Crippen LogP contribution in [0.3, 0.4) is 0 Å². The lowest BCUT2D eigenvalue weighted by Crippen LogP contribution is -2.33. The third-order valence-electron chi connectivity index (χ3n) is 5.25. The fourth-order valence-electron chi connectivity index (χ4n) is 4.19. The Kier molecular flexibility index (Phi) is 8.54. The lowest BCUT2D eigenvalue weighted by Gasteiger charge is -2.30. The van der Waals surface area contributed by atoms with Gasteiger partial charge in [-0.3, -0.25) is 9.59 Å². The number of carbonyl (C=O) groups is 2. The number of benzene rings is 1. The van der Waals surface area contributed by atoms with Gasteiger partial charge in [0.15, 0.2) is 0 Å². The number of carbonyl (C=O) groups excluding carboxylic acids is 2. The van der Waals surface area contributed by atoms with Crippen LogP contribution in [-0.4, -0.2) is 31.4 Å². The Morgan fingerprint density at radius 3 is 2.45 bits per heavy atom. The lowest BCUT2D eigenvalue weighted by atomic mass is 9.84. The van der Waals surface area contributed by atoms with Gasteiger partial charge in [-0.2, -0.15) is 0 Å². The zero-order valence-electron chi connectivity index (χ0n) is 18.9. The van der Waals surface area contributed by atoms with Crippen molar-refractivity contribution in [1.82, 2.24) is 5.32 Å². The van der Waals surface area contributed by atoms with Crippen molar-refractivity contribution in [3.8, 4) is 0 Å². The molecule has 1 aliphatic rings. The maximum absolute atomic E-state index is 12.8. The first kappa shape index (κ1) is 23.2. The first-order chi connectivity index (χ1) is 13.7. The minimum Gasteiger partial charge on any atom is -0.371 e. The van der Waals surface area contributed by atoms with Gasteiger partial charge >= 0.3 is 0 Å². The predicted molar refractivity (Wildman–Crippen MR) is 122 cm³/mol. The van der Waals surface area contributed by atoms with E-state index in [1.54, 1.807) is 0 Å². The van der Waals surface area contributed by atoms with Crippen LogP contribution in [0.1, 0.15) is 83.5 Å². The molecule has 2 rings (SSSR count). The minimum absolute atomic E-state index is 0.00684. The monoisotopic (exact) mass is 401 g/mol. The van der Waals surface area contributed by atoms with Crippen molar-refractivity contribution in [2.45, 2.75) is 73.1 Å². The molecule has 0 aromatic heterocycles. The van der Waals surface area contributed by atoms with E-state index in [-0.39, 0.29) is 17.2 Å². The first-order valence-electron chi connectivity index (χ1n) is 11.2. The number of nitrogens with one attached hydrogen (secondary N) is 2. The van der Waals surface area contributed by atoms with E-state index in [0.29, 0.717) is 30.1 Å². The molecule has 1 fully saturated rings. The lowest BCUT2D eigenvalue weighted by molar-refractivity contribution is -0.117. The van der Waals surface area contributed by atoms with Crippen molar-refractivity contribution in [3.05, 3.63) is 23.8 Å². The Balaban J connectivity index is 2.13. The van der Waals surface area contributed by atoms with Gasteiger partial charge in [0.25, 0.3) is 5.91 Å². The van der Waals surface area contributed by atoms with Crippen molar-refractivity contribution < 1.29 is 9.59 Å². The number of hydrogen-bond donors (Lipinski definition) is 2. The fraction of sp³-hybridized carbons (Fsp3) is 0.667. The molecule has 0 spiro atoms. The van der Waals surface area contributed by atoms with Gasteiger partial charge in [-0.1, -0.05) is 34.6 Å². The van der Waals surface area contributed by atoms with Gasteiger partial charge in [-0.15, -0.1) is 0 Å². The van der Waals surface area contributed by atoms with E-state index in [4.69, 9.17) is 0 Å². The summed E-state index contributed by atoms with van der Waals surface area (Å²) in [5.74, 6) is 0.256. The zero-order chi connectivity index (χ0) is 21.4. The topological polar surface area (TPSA) is 61.4 Å². The second-order valence-corrected chi connectivity index (χ2v) is 9.66. The molecule has 1 aliphatic heterocycles. The van der Waals surface area contributed by atoms with Crippen molar-refractivity contribution in [3.63, 3.8) is 0 Å². The van der Waals surface area contributed by atoms with Gasteiger partial charge in [0.05, 0.1) is 5.56 Å². The van der Waals surface area contributed by atoms with Gasteiger partial charge in [0.1, 0.15) is 0 Å². The average molecular weight is 402 g/mol. The molecular weight excluding hydrogens is 362 g/mol. The number of piperidine rings is 1. The molecule has 1 unspecified atom stereocenters. The van der Waals surface area contributed by atoms with Crippen LogP contribution in [0.25, 0.3) is 0 Å². The van der Waals surface area contributed by atoms with Crippen molar-refractivity contribution >= 4 is 23.2 Å². The van der Waals surface area contributed by atoms with E-state index in [1.165, 1.54) is 6.42 Å². The maximum Gasteiger partial charge on any atom is 0.253 e. The Morgan fingerprint density at radius 2 is 1.83 bits per heavy atom. The number of nitrogens with zero attached hydrogens (tertiary/aromatic N) is 1. The molecular formula is C24H39N3O2. The Morgan fingerprint density at radius 1 is 1.14 bits per heavy atom. The normalized spacial score (nSPS) is 15.7. The third kappa shape index (κ3) is 7.71. The Labute approximate surface area is 176 Å². The summed E-state index contributed by atoms with van der Waals surface area (Å²) in [6.07, 6.45) is 5.93. The molecule has 0 saturated carbocycles. The van der Waals surface area contributed by atoms with Crippen LogP contribution in [0.4, 0.5) is 11.4 Å². The maximum atomic E-state index is 12.8. The van der Waals surface area contributed by atoms with Gasteiger partial charge in [-0.25, -0.2) is 0 Å². The van der Waals surface area contributed by atoms with Gasteiger partial charge in [0, 0.05) is 37.4 Å². The largest absolute Gasteiger partial charge is 0.371 e. The standard InChI is InChI=1S/C24H39N3O2/c1-6-12-25-23(29)20-16-19(10-11-21(20)27-13-8-7-9-14-27)26-22(28)15-18(2)17-24(3,4)5/h10-11,16,18H,6-9,12-15,17H2,1-5H3,(H,25,29)(H,26,28). The highest BCUT2D eigenvalue weighted by atomic mass is 16.2. The molecule has 1 heterocycles. The quantitative estimate of drug-likeness (QED) is 0.628. The van der Waals surface area contributed by atoms with Crippen LogP contribution < -0.4 is 15.5 Å². The SMILES string of the molecule is CCCNC(=O)c1cc(NC(=O)CC(C)CC(C)(C)C)ccc1N1CCCCC1. The Bertz CT molecular complexity index is 688. The minimum atomic E-state index is -0.0652. The number of rotatable bonds is 8. The molecule has 0 bridgehead atoms. The summed E-state index contributed by atoms with van der Waals surface area (Å²) in [4.78, 5) is 27.6. The van der Waals surface area contributed by atoms with Crippen LogP contribution in [0.15, 0.2) is 18.2 Å². The highest BCUT2D eigenvalue weighted by molar-refractivity contribution is 6.02. The molecule has 1 saturated heterocycles. The van der Waals surface area contributed by atoms with Crippen LogP contribution in [0.5, 0.6) is 0 Å². The molecule has 5 nitrogen and oxygen atoms in total. The average Bonchev–Trinajstić information content (AvgIpc) is 2.65. The summed E-state index contributed by atoms with van der Waals surface area (Å²) >= 11 is 0. The van der Waals surface area contributed by atoms with E-state index in [9.17, 15) is 9.59 Å². The summed E-state index contributed by atoms with van der Waals surface area (Å²) in [5, 5.41) is 5.99. The van der Waals surface area contributed by atoms with Crippen LogP contribution in [0.2, 0.25) is 0 Å². The molecule has 2 N–H and O–H groups in total. The number of amides is 2. The highest BCUT2D eigenvalue weighted by Gasteiger charge is 2.21. The second-order valence-electron chi connectivity index (χ2n) is 9.66. The molecule has 1 aromatic rings. The van der Waals surface area contributed by atoms with Crippen LogP contribution in [0, 0.1) is 11.3 Å². The number of hydrogen-bond acceptors (Lipinski definition) is 3. The van der Waals surface area contributed by atoms with Crippen LogP contribution in [-0.2, 0) is 4.79 Å². The van der Waals surface area contributed by atoms with Gasteiger partial charge in [-0.05, 0) is 61.6 Å². The predicted octanol–water partition coefficient (Wildman–Crippen LogP) is 5.22. The molecule has 1 atom stereocenters. The molecule has 1 aromatic carbocycles. The summed E-state index contributed by atoms with van der Waals surface area (Å²) in [7, 11) is 0. The van der Waals surface area contributed by atoms with E-state index in [0.717, 1.165) is 44.5 Å². The third-order valence-corrected chi connectivity index (χ3v) is 5.25. The van der Waals surface area contributed by atoms with Crippen molar-refractivity contribution in [1.29, 1.82) is 0 Å². The van der Waals surface area contributed by atoms with E-state index >= 15 is 0 Å². The van der Waals surface area contributed by atoms with Gasteiger partial charge in [0.2, 0.25) is 5.91 Å². The highest BCUT2D eigenvalue weighted by Crippen LogP contribution is 2.29. The second kappa shape index (κ2) is 10.7. The fourth-order valence-corrected chi connectivity index (χ4v) is 4.19. The Hall–Kier alpha value is -2.04. The summed E-state index contributed by atoms with van der Waals surface area (Å²) < 4.78 is 0.